The number of aliphatic imine (C=N–C) groups is 2. The molecule has 1 aromatic carbocycles. The monoisotopic (exact) mass is 444 g/mol. The maximum atomic E-state index is 11.8. The quantitative estimate of drug-likeness (QED) is 0.428. The van der Waals surface area contributed by atoms with Crippen LogP contribution >= 0.6 is 0 Å². The topological polar surface area (TPSA) is 109 Å². The zero-order chi connectivity index (χ0) is 23.0. The van der Waals surface area contributed by atoms with E-state index in [-0.39, 0.29) is 5.78 Å². The molecule has 33 heavy (non-hydrogen) atoms. The summed E-state index contributed by atoms with van der Waals surface area (Å²) in [6.07, 6.45) is 6.42. The van der Waals surface area contributed by atoms with Gasteiger partial charge in [-0.2, -0.15) is 0 Å². The molecule has 1 aliphatic rings. The Kier molecular flexibility index (Phi) is 7.26. The van der Waals surface area contributed by atoms with Crippen molar-refractivity contribution in [1.29, 1.82) is 0 Å². The van der Waals surface area contributed by atoms with E-state index in [0.29, 0.717) is 32.0 Å². The van der Waals surface area contributed by atoms with E-state index >= 15 is 0 Å². The first-order chi connectivity index (χ1) is 16.1. The second-order valence-electron chi connectivity index (χ2n) is 8.00. The summed E-state index contributed by atoms with van der Waals surface area (Å²) < 4.78 is 5.92. The summed E-state index contributed by atoms with van der Waals surface area (Å²) >= 11 is 0. The number of H-pyrrole nitrogens is 1. The second-order valence-corrected chi connectivity index (χ2v) is 8.00. The zero-order valence-electron chi connectivity index (χ0n) is 18.7. The normalized spacial score (nSPS) is 15.3. The van der Waals surface area contributed by atoms with Crippen molar-refractivity contribution >= 4 is 23.6 Å². The molecule has 170 valence electrons. The Balaban J connectivity index is 1.52. The largest absolute Gasteiger partial charge is 0.487 e. The second kappa shape index (κ2) is 10.7. The number of rotatable bonds is 7. The number of benzene rings is 1. The van der Waals surface area contributed by atoms with Crippen LogP contribution in [-0.4, -0.2) is 45.9 Å². The summed E-state index contributed by atoms with van der Waals surface area (Å²) in [5.41, 5.74) is 10.0. The predicted octanol–water partition coefficient (Wildman–Crippen LogP) is 3.53. The number of pyridine rings is 1. The maximum Gasteiger partial charge on any atom is 0.178 e. The number of aryl methyl sites for hydroxylation is 1. The number of hydrogen-bond donors (Lipinski definition) is 2. The Bertz CT molecular complexity index is 1150. The summed E-state index contributed by atoms with van der Waals surface area (Å²) in [5.74, 6) is 1.55. The standard InChI is InChI=1S/C25H28N6O2/c1-18-13-20(7-8-23(18)33-16-21-5-2-3-10-27-21)30-25(29-17-26)24-19(9-11-28-24)14-31-12-4-6-22(32)15-31/h2-3,5,7-11,13,17,28H,4,6,12,14-16H2,1H3,(H2,26,29,30). The number of carbonyl (C=O) groups excluding carboxylic acids is 1. The van der Waals surface area contributed by atoms with Crippen LogP contribution < -0.4 is 10.5 Å². The van der Waals surface area contributed by atoms with E-state index in [0.717, 1.165) is 46.9 Å². The van der Waals surface area contributed by atoms with Gasteiger partial charge in [-0.15, -0.1) is 0 Å². The van der Waals surface area contributed by atoms with Gasteiger partial charge < -0.3 is 15.5 Å². The number of nitrogens with zero attached hydrogens (tertiary/aromatic N) is 4. The van der Waals surface area contributed by atoms with Gasteiger partial charge in [0.05, 0.1) is 30.0 Å². The van der Waals surface area contributed by atoms with Crippen molar-refractivity contribution in [2.45, 2.75) is 32.9 Å². The van der Waals surface area contributed by atoms with E-state index in [9.17, 15) is 4.79 Å². The SMILES string of the molecule is Cc1cc(N=C(N=CN)c2[nH]ccc2CN2CCCC(=O)C2)ccc1OCc1ccccn1. The first-order valence-electron chi connectivity index (χ1n) is 11.0. The zero-order valence-corrected chi connectivity index (χ0v) is 18.7. The minimum absolute atomic E-state index is 0.285. The third kappa shape index (κ3) is 5.93. The minimum atomic E-state index is 0.285. The molecule has 0 amide bonds. The fourth-order valence-electron chi connectivity index (χ4n) is 3.87. The van der Waals surface area contributed by atoms with Gasteiger partial charge in [0.2, 0.25) is 0 Å². The molecular weight excluding hydrogens is 416 g/mol. The van der Waals surface area contributed by atoms with Crippen molar-refractivity contribution in [3.8, 4) is 5.75 Å². The number of hydrogen-bond acceptors (Lipinski definition) is 5. The first-order valence-corrected chi connectivity index (χ1v) is 11.0. The third-order valence-corrected chi connectivity index (χ3v) is 5.47. The van der Waals surface area contributed by atoms with Gasteiger partial charge in [0.15, 0.2) is 5.84 Å². The van der Waals surface area contributed by atoms with Gasteiger partial charge in [0.1, 0.15) is 18.1 Å². The van der Waals surface area contributed by atoms with Crippen LogP contribution in [0.25, 0.3) is 0 Å². The van der Waals surface area contributed by atoms with Gasteiger partial charge in [-0.25, -0.2) is 9.98 Å². The lowest BCUT2D eigenvalue weighted by atomic mass is 10.1. The van der Waals surface area contributed by atoms with Crippen LogP contribution in [0.3, 0.4) is 0 Å². The molecular formula is C25H28N6O2. The number of nitrogens with two attached hydrogens (primary N) is 1. The molecule has 0 bridgehead atoms. The smallest absolute Gasteiger partial charge is 0.178 e. The molecule has 1 saturated heterocycles. The molecule has 8 nitrogen and oxygen atoms in total. The van der Waals surface area contributed by atoms with Crippen LogP contribution in [0, 0.1) is 6.92 Å². The van der Waals surface area contributed by atoms with Gasteiger partial charge in [0.25, 0.3) is 0 Å². The Hall–Kier alpha value is -3.78. The predicted molar refractivity (Wildman–Crippen MR) is 129 cm³/mol. The van der Waals surface area contributed by atoms with Gasteiger partial charge in [-0.1, -0.05) is 6.07 Å². The van der Waals surface area contributed by atoms with Gasteiger partial charge in [-0.3, -0.25) is 14.7 Å². The van der Waals surface area contributed by atoms with Crippen LogP contribution in [0.5, 0.6) is 5.75 Å². The fourth-order valence-corrected chi connectivity index (χ4v) is 3.87. The maximum absolute atomic E-state index is 11.8. The number of nitrogens with one attached hydrogen (secondary N) is 1. The highest BCUT2D eigenvalue weighted by Gasteiger charge is 2.19. The lowest BCUT2D eigenvalue weighted by molar-refractivity contribution is -0.122. The van der Waals surface area contributed by atoms with E-state index in [2.05, 4.69) is 19.9 Å². The Labute approximate surface area is 193 Å². The summed E-state index contributed by atoms with van der Waals surface area (Å²) in [5, 5.41) is 0. The molecule has 0 atom stereocenters. The van der Waals surface area contributed by atoms with Crippen molar-refractivity contribution in [3.63, 3.8) is 0 Å². The van der Waals surface area contributed by atoms with Crippen LogP contribution in [-0.2, 0) is 17.9 Å². The first kappa shape index (κ1) is 22.4. The number of carbonyl (C=O) groups is 1. The summed E-state index contributed by atoms with van der Waals surface area (Å²) in [4.78, 5) is 30.5. The van der Waals surface area contributed by atoms with E-state index in [1.807, 2.05) is 55.6 Å². The molecule has 1 aliphatic heterocycles. The van der Waals surface area contributed by atoms with E-state index in [1.165, 1.54) is 6.34 Å². The molecule has 0 unspecified atom stereocenters. The van der Waals surface area contributed by atoms with E-state index in [1.54, 1.807) is 6.20 Å². The van der Waals surface area contributed by atoms with Crippen molar-refractivity contribution in [2.75, 3.05) is 13.1 Å². The highest BCUT2D eigenvalue weighted by atomic mass is 16.5. The minimum Gasteiger partial charge on any atom is -0.487 e. The van der Waals surface area contributed by atoms with Crippen LogP contribution in [0.4, 0.5) is 5.69 Å². The van der Waals surface area contributed by atoms with Gasteiger partial charge in [-0.05, 0) is 67.4 Å². The number of aromatic nitrogens is 2. The van der Waals surface area contributed by atoms with Crippen LogP contribution in [0.2, 0.25) is 0 Å². The van der Waals surface area contributed by atoms with Gasteiger partial charge in [0, 0.05) is 25.4 Å². The number of ketones is 1. The summed E-state index contributed by atoms with van der Waals surface area (Å²) in [6, 6.07) is 13.5. The fraction of sp³-hybridized carbons (Fsp3) is 0.280. The average Bonchev–Trinajstić information content (AvgIpc) is 3.27. The number of amidine groups is 1. The van der Waals surface area contributed by atoms with Crippen molar-refractivity contribution in [1.82, 2.24) is 14.9 Å². The van der Waals surface area contributed by atoms with E-state index in [4.69, 9.17) is 15.5 Å². The number of likely N-dealkylation sites (tertiary alicyclic amines) is 1. The number of aromatic amines is 1. The summed E-state index contributed by atoms with van der Waals surface area (Å²) in [6.45, 7) is 4.42. The highest BCUT2D eigenvalue weighted by molar-refractivity contribution is 6.03. The molecule has 0 saturated carbocycles. The number of piperidine rings is 1. The Morgan fingerprint density at radius 2 is 2.21 bits per heavy atom. The van der Waals surface area contributed by atoms with Crippen molar-refractivity contribution < 1.29 is 9.53 Å². The number of Topliss-reactive ketones (excluding diaryl/α,β-unsaturated/α-hetero) is 1. The molecule has 0 spiro atoms. The molecule has 8 heteroatoms. The highest BCUT2D eigenvalue weighted by Crippen LogP contribution is 2.26. The average molecular weight is 445 g/mol. The molecule has 3 heterocycles. The number of ether oxygens (including phenoxy) is 1. The van der Waals surface area contributed by atoms with Crippen LogP contribution in [0.15, 0.2) is 64.8 Å². The molecule has 0 aliphatic carbocycles. The molecule has 4 rings (SSSR count). The summed E-state index contributed by atoms with van der Waals surface area (Å²) in [7, 11) is 0. The van der Waals surface area contributed by atoms with E-state index < -0.39 is 0 Å². The Morgan fingerprint density at radius 3 is 2.97 bits per heavy atom. The Morgan fingerprint density at radius 1 is 1.30 bits per heavy atom. The molecule has 2 aromatic heterocycles. The van der Waals surface area contributed by atoms with Crippen molar-refractivity contribution in [2.24, 2.45) is 15.7 Å². The molecule has 0 radical (unpaired) electrons. The molecule has 3 aromatic rings. The molecule has 3 N–H and O–H groups in total. The molecule has 1 fully saturated rings. The third-order valence-electron chi connectivity index (χ3n) is 5.47. The van der Waals surface area contributed by atoms with Gasteiger partial charge >= 0.3 is 0 Å². The lowest BCUT2D eigenvalue weighted by Gasteiger charge is -2.25. The lowest BCUT2D eigenvalue weighted by Crippen LogP contribution is -2.35. The van der Waals surface area contributed by atoms with Crippen LogP contribution in [0.1, 0.15) is 35.4 Å². The van der Waals surface area contributed by atoms with Crippen molar-refractivity contribution in [3.05, 3.63) is 77.4 Å².